The Kier molecular flexibility index (Phi) is 2.61. The van der Waals surface area contributed by atoms with Crippen molar-refractivity contribution in [3.63, 3.8) is 0 Å². The van der Waals surface area contributed by atoms with Crippen LogP contribution in [0.4, 0.5) is 0 Å². The van der Waals surface area contributed by atoms with Crippen molar-refractivity contribution < 1.29 is 0 Å². The summed E-state index contributed by atoms with van der Waals surface area (Å²) in [5.74, 6) is 0. The third-order valence-corrected chi connectivity index (χ3v) is 3.21. The zero-order chi connectivity index (χ0) is 12.8. The van der Waals surface area contributed by atoms with Crippen LogP contribution in [0.2, 0.25) is 0 Å². The van der Waals surface area contributed by atoms with Crippen LogP contribution < -0.4 is 0 Å². The number of rotatable bonds is 0. The number of fused-ring (bicyclic) bond motifs is 1. The summed E-state index contributed by atoms with van der Waals surface area (Å²) in [4.78, 5) is 3.61. The number of aromatic nitrogens is 1. The fourth-order valence-electron chi connectivity index (χ4n) is 2.48. The molecule has 2 aromatic rings. The summed E-state index contributed by atoms with van der Waals surface area (Å²) in [7, 11) is 0. The van der Waals surface area contributed by atoms with Gasteiger partial charge in [-0.15, -0.1) is 0 Å². The third kappa shape index (κ3) is 2.11. The highest BCUT2D eigenvalue weighted by Gasteiger charge is 2.28. The highest BCUT2D eigenvalue weighted by Crippen LogP contribution is 2.38. The molecule has 0 aliphatic carbocycles. The summed E-state index contributed by atoms with van der Waals surface area (Å²) in [6.07, 6.45) is 0. The predicted molar refractivity (Wildman–Crippen MR) is 75.7 cm³/mol. The van der Waals surface area contributed by atoms with Crippen molar-refractivity contribution in [3.05, 3.63) is 35.5 Å². The summed E-state index contributed by atoms with van der Waals surface area (Å²) >= 11 is 0. The van der Waals surface area contributed by atoms with Gasteiger partial charge in [0, 0.05) is 22.0 Å². The van der Waals surface area contributed by atoms with E-state index in [1.165, 1.54) is 22.2 Å². The molecule has 1 aromatic heterocycles. The fourth-order valence-corrected chi connectivity index (χ4v) is 2.48. The van der Waals surface area contributed by atoms with Crippen molar-refractivity contribution in [1.82, 2.24) is 4.98 Å². The molecule has 0 amide bonds. The molecule has 1 aromatic carbocycles. The number of nitrogens with one attached hydrogen (secondary N) is 1. The van der Waals surface area contributed by atoms with Crippen LogP contribution >= 0.6 is 0 Å². The van der Waals surface area contributed by atoms with E-state index in [1.807, 2.05) is 0 Å². The van der Waals surface area contributed by atoms with Crippen LogP contribution in [-0.2, 0) is 10.8 Å². The van der Waals surface area contributed by atoms with Crippen LogP contribution in [0.1, 0.15) is 52.8 Å². The zero-order valence-electron chi connectivity index (χ0n) is 11.8. The van der Waals surface area contributed by atoms with Gasteiger partial charge in [-0.3, -0.25) is 0 Å². The molecule has 0 fully saturated rings. The van der Waals surface area contributed by atoms with Gasteiger partial charge in [0.05, 0.1) is 0 Å². The van der Waals surface area contributed by atoms with Crippen LogP contribution in [0.15, 0.2) is 24.3 Å². The topological polar surface area (TPSA) is 15.8 Å². The second-order valence-electron chi connectivity index (χ2n) is 6.92. The van der Waals surface area contributed by atoms with Crippen molar-refractivity contribution in [2.45, 2.75) is 52.4 Å². The molecule has 0 bridgehead atoms. The Labute approximate surface area is 104 Å². The van der Waals surface area contributed by atoms with Gasteiger partial charge in [-0.2, -0.15) is 0 Å². The smallest absolute Gasteiger partial charge is 0.0459 e. The number of hydrogen-bond donors (Lipinski definition) is 1. The van der Waals surface area contributed by atoms with E-state index in [1.54, 1.807) is 0 Å². The maximum Gasteiger partial charge on any atom is 0.0459 e. The van der Waals surface area contributed by atoms with Crippen LogP contribution in [-0.4, -0.2) is 4.98 Å². The number of aromatic amines is 1. The van der Waals surface area contributed by atoms with Crippen molar-refractivity contribution in [2.75, 3.05) is 0 Å². The minimum Gasteiger partial charge on any atom is -0.358 e. The zero-order valence-corrected chi connectivity index (χ0v) is 11.8. The van der Waals surface area contributed by atoms with Gasteiger partial charge in [-0.1, -0.05) is 59.7 Å². The first-order chi connectivity index (χ1) is 7.71. The molecule has 0 saturated carbocycles. The first-order valence-electron chi connectivity index (χ1n) is 6.33. The molecule has 0 spiro atoms. The highest BCUT2D eigenvalue weighted by atomic mass is 14.7. The lowest BCUT2D eigenvalue weighted by Gasteiger charge is -2.26. The lowest BCUT2D eigenvalue weighted by Crippen LogP contribution is -2.21. The standard InChI is InChI=1S/C16H23N/c1-15(2,3)13-11-9-7-8-10-12(11)17-14(13)16(4,5)6/h7-10,17H,1-6H3. The lowest BCUT2D eigenvalue weighted by atomic mass is 9.78. The van der Waals surface area contributed by atoms with Crippen molar-refractivity contribution in [2.24, 2.45) is 0 Å². The van der Waals surface area contributed by atoms with Crippen LogP contribution in [0.3, 0.4) is 0 Å². The highest BCUT2D eigenvalue weighted by molar-refractivity contribution is 5.86. The van der Waals surface area contributed by atoms with Crippen molar-refractivity contribution >= 4 is 10.9 Å². The van der Waals surface area contributed by atoms with E-state index in [-0.39, 0.29) is 10.8 Å². The molecule has 0 atom stereocenters. The maximum atomic E-state index is 3.61. The first-order valence-corrected chi connectivity index (χ1v) is 6.33. The number of para-hydroxylation sites is 1. The van der Waals surface area contributed by atoms with Crippen molar-refractivity contribution in [3.8, 4) is 0 Å². The van der Waals surface area contributed by atoms with Gasteiger partial charge in [-0.05, 0) is 17.0 Å². The molecular weight excluding hydrogens is 206 g/mol. The average Bonchev–Trinajstić information content (AvgIpc) is 2.54. The van der Waals surface area contributed by atoms with Gasteiger partial charge in [0.2, 0.25) is 0 Å². The van der Waals surface area contributed by atoms with Gasteiger partial charge >= 0.3 is 0 Å². The molecule has 0 unspecified atom stereocenters. The first kappa shape index (κ1) is 12.2. The van der Waals surface area contributed by atoms with Gasteiger partial charge in [0.1, 0.15) is 0 Å². The molecule has 0 aliphatic rings. The minimum absolute atomic E-state index is 0.154. The van der Waals surface area contributed by atoms with E-state index < -0.39 is 0 Å². The SMILES string of the molecule is CC(C)(C)c1[nH]c2ccccc2c1C(C)(C)C. The molecular formula is C16H23N. The summed E-state index contributed by atoms with van der Waals surface area (Å²) < 4.78 is 0. The largest absolute Gasteiger partial charge is 0.358 e. The molecule has 1 heterocycles. The van der Waals surface area contributed by atoms with E-state index in [2.05, 4.69) is 70.8 Å². The summed E-state index contributed by atoms with van der Waals surface area (Å²) in [5, 5.41) is 1.37. The number of hydrogen-bond acceptors (Lipinski definition) is 0. The van der Waals surface area contributed by atoms with Gasteiger partial charge in [-0.25, -0.2) is 0 Å². The van der Waals surface area contributed by atoms with Crippen LogP contribution in [0, 0.1) is 0 Å². The number of benzene rings is 1. The second-order valence-corrected chi connectivity index (χ2v) is 6.92. The molecule has 92 valence electrons. The van der Waals surface area contributed by atoms with E-state index in [4.69, 9.17) is 0 Å². The fraction of sp³-hybridized carbons (Fsp3) is 0.500. The Morgan fingerprint density at radius 3 is 1.94 bits per heavy atom. The summed E-state index contributed by atoms with van der Waals surface area (Å²) in [6.45, 7) is 13.7. The Hall–Kier alpha value is -1.24. The summed E-state index contributed by atoms with van der Waals surface area (Å²) in [5.41, 5.74) is 4.40. The molecule has 0 radical (unpaired) electrons. The molecule has 2 rings (SSSR count). The quantitative estimate of drug-likeness (QED) is 0.670. The summed E-state index contributed by atoms with van der Waals surface area (Å²) in [6, 6.07) is 8.61. The molecule has 17 heavy (non-hydrogen) atoms. The van der Waals surface area contributed by atoms with Gasteiger partial charge < -0.3 is 4.98 Å². The molecule has 0 aliphatic heterocycles. The molecule has 0 saturated heterocycles. The normalized spacial score (nSPS) is 13.3. The molecule has 1 nitrogen and oxygen atoms in total. The Morgan fingerprint density at radius 2 is 1.41 bits per heavy atom. The Balaban J connectivity index is 2.84. The Morgan fingerprint density at radius 1 is 0.824 bits per heavy atom. The third-order valence-electron chi connectivity index (χ3n) is 3.21. The maximum absolute atomic E-state index is 3.61. The predicted octanol–water partition coefficient (Wildman–Crippen LogP) is 4.76. The number of H-pyrrole nitrogens is 1. The van der Waals surface area contributed by atoms with Gasteiger partial charge in [0.25, 0.3) is 0 Å². The second kappa shape index (κ2) is 3.63. The van der Waals surface area contributed by atoms with Crippen LogP contribution in [0.5, 0.6) is 0 Å². The Bertz CT molecular complexity index is 533. The van der Waals surface area contributed by atoms with Gasteiger partial charge in [0.15, 0.2) is 0 Å². The van der Waals surface area contributed by atoms with E-state index >= 15 is 0 Å². The average molecular weight is 229 g/mol. The van der Waals surface area contributed by atoms with Crippen molar-refractivity contribution in [1.29, 1.82) is 0 Å². The monoisotopic (exact) mass is 229 g/mol. The van der Waals surface area contributed by atoms with E-state index in [9.17, 15) is 0 Å². The van der Waals surface area contributed by atoms with E-state index in [0.717, 1.165) is 0 Å². The molecule has 1 heteroatoms. The van der Waals surface area contributed by atoms with E-state index in [0.29, 0.717) is 0 Å². The molecule has 1 N–H and O–H groups in total. The minimum atomic E-state index is 0.154. The van der Waals surface area contributed by atoms with Crippen LogP contribution in [0.25, 0.3) is 10.9 Å². The lowest BCUT2D eigenvalue weighted by molar-refractivity contribution is 0.524.